The first-order chi connectivity index (χ1) is 18.0. The van der Waals surface area contributed by atoms with E-state index in [0.29, 0.717) is 36.6 Å². The Kier molecular flexibility index (Phi) is 6.28. The first-order valence-electron chi connectivity index (χ1n) is 14.5. The lowest BCUT2D eigenvalue weighted by molar-refractivity contribution is -0.215. The lowest BCUT2D eigenvalue weighted by Crippen LogP contribution is -2.63. The number of rotatable bonds is 5. The monoisotopic (exact) mass is 524 g/mol. The van der Waals surface area contributed by atoms with Gasteiger partial charge < -0.3 is 24.3 Å². The number of hydrogen-bond donors (Lipinski definition) is 2. The van der Waals surface area contributed by atoms with Crippen LogP contribution in [-0.2, 0) is 25.6 Å². The summed E-state index contributed by atoms with van der Waals surface area (Å²) in [5.74, 6) is 0.692. The van der Waals surface area contributed by atoms with Crippen molar-refractivity contribution in [3.63, 3.8) is 0 Å². The molecule has 206 valence electrons. The van der Waals surface area contributed by atoms with Crippen LogP contribution < -0.4 is 10.2 Å². The predicted molar refractivity (Wildman–Crippen MR) is 142 cm³/mol. The highest BCUT2D eigenvalue weighted by molar-refractivity contribution is 6.61. The van der Waals surface area contributed by atoms with Crippen LogP contribution in [0, 0.1) is 39.9 Å². The van der Waals surface area contributed by atoms with Gasteiger partial charge in [-0.15, -0.1) is 0 Å². The van der Waals surface area contributed by atoms with Crippen LogP contribution in [-0.4, -0.2) is 47.8 Å². The fourth-order valence-corrected chi connectivity index (χ4v) is 9.07. The zero-order valence-corrected chi connectivity index (χ0v) is 23.1. The third kappa shape index (κ3) is 3.81. The van der Waals surface area contributed by atoms with Gasteiger partial charge in [-0.1, -0.05) is 33.8 Å². The number of ketones is 1. The number of carbonyl (C=O) groups is 2. The number of aliphatic hydroxyl groups excluding tert-OH is 1. The zero-order chi connectivity index (χ0) is 27.0. The van der Waals surface area contributed by atoms with Crippen LogP contribution in [0.2, 0.25) is 0 Å². The Morgan fingerprint density at radius 2 is 1.95 bits per heavy atom. The minimum atomic E-state index is -0.985. The molecule has 1 aromatic rings. The van der Waals surface area contributed by atoms with Gasteiger partial charge in [-0.3, -0.25) is 4.79 Å². The molecule has 38 heavy (non-hydrogen) atoms. The molecule has 1 aromatic carbocycles. The average Bonchev–Trinajstić information content (AvgIpc) is 3.62. The van der Waals surface area contributed by atoms with Gasteiger partial charge in [0.15, 0.2) is 6.61 Å². The van der Waals surface area contributed by atoms with Crippen molar-refractivity contribution in [2.75, 3.05) is 6.61 Å². The molecule has 0 radical (unpaired) electrons. The van der Waals surface area contributed by atoms with Crippen LogP contribution in [0.5, 0.6) is 5.75 Å². The second-order valence-electron chi connectivity index (χ2n) is 13.4. The number of Topliss-reactive ketones (excluding diaryl/α,β-unsaturated/α-hetero) is 1. The third-order valence-corrected chi connectivity index (χ3v) is 11.8. The van der Waals surface area contributed by atoms with Crippen molar-refractivity contribution in [3.05, 3.63) is 23.8 Å². The van der Waals surface area contributed by atoms with E-state index in [2.05, 4.69) is 27.7 Å². The largest absolute Gasteiger partial charge is 0.491 e. The number of ether oxygens (including phenoxy) is 2. The number of esters is 1. The standard InChI is InChI=1S/C30H41BO7/c1-17-9-11-30-12-10-23(32)26(30)29(17,4)24(14-28(3,20-6-7-20)27(34)18(30)2)38-25(33)16-36-21-8-5-19-15-37-31(35)22(19)13-21/h5,8,13,17-18,20,24,26-27,34-35H,6-7,9-12,14-16H2,1-4H3/t17-,18+,24-,26+,27+,28+,29+,30+/m1/s1. The molecule has 0 amide bonds. The molecule has 0 saturated heterocycles. The fourth-order valence-electron chi connectivity index (χ4n) is 9.07. The van der Waals surface area contributed by atoms with E-state index in [9.17, 15) is 19.7 Å². The molecular weight excluding hydrogens is 483 g/mol. The molecule has 2 N–H and O–H groups in total. The van der Waals surface area contributed by atoms with E-state index < -0.39 is 30.7 Å². The predicted octanol–water partition coefficient (Wildman–Crippen LogP) is 3.41. The van der Waals surface area contributed by atoms with E-state index in [1.54, 1.807) is 12.1 Å². The maximum Gasteiger partial charge on any atom is 0.491 e. The molecule has 6 rings (SSSR count). The minimum Gasteiger partial charge on any atom is -0.482 e. The van der Waals surface area contributed by atoms with Gasteiger partial charge in [-0.05, 0) is 84.9 Å². The van der Waals surface area contributed by atoms with Gasteiger partial charge in [0.1, 0.15) is 17.6 Å². The Morgan fingerprint density at radius 1 is 1.18 bits per heavy atom. The van der Waals surface area contributed by atoms with Crippen molar-refractivity contribution in [2.24, 2.45) is 39.9 Å². The Balaban J connectivity index is 1.29. The van der Waals surface area contributed by atoms with Gasteiger partial charge in [0.05, 0.1) is 12.7 Å². The molecule has 4 saturated carbocycles. The average molecular weight is 524 g/mol. The normalized spacial score (nSPS) is 42.2. The van der Waals surface area contributed by atoms with E-state index in [1.165, 1.54) is 0 Å². The van der Waals surface area contributed by atoms with E-state index in [0.717, 1.165) is 37.7 Å². The molecule has 7 nitrogen and oxygen atoms in total. The van der Waals surface area contributed by atoms with Gasteiger partial charge in [-0.2, -0.15) is 0 Å². The molecule has 0 unspecified atom stereocenters. The summed E-state index contributed by atoms with van der Waals surface area (Å²) in [5.41, 5.74) is 0.435. The van der Waals surface area contributed by atoms with Gasteiger partial charge in [0, 0.05) is 23.2 Å². The van der Waals surface area contributed by atoms with Crippen molar-refractivity contribution in [2.45, 2.75) is 91.5 Å². The van der Waals surface area contributed by atoms with Crippen LogP contribution in [0.3, 0.4) is 0 Å². The van der Waals surface area contributed by atoms with Crippen molar-refractivity contribution < 1.29 is 33.8 Å². The molecule has 1 aliphatic heterocycles. The van der Waals surface area contributed by atoms with Crippen molar-refractivity contribution in [1.29, 1.82) is 0 Å². The zero-order valence-electron chi connectivity index (χ0n) is 23.1. The van der Waals surface area contributed by atoms with Gasteiger partial charge in [0.2, 0.25) is 0 Å². The number of aliphatic hydroxyl groups is 1. The topological polar surface area (TPSA) is 102 Å². The van der Waals surface area contributed by atoms with Crippen molar-refractivity contribution in [3.8, 4) is 5.75 Å². The summed E-state index contributed by atoms with van der Waals surface area (Å²) >= 11 is 0. The molecule has 4 fully saturated rings. The summed E-state index contributed by atoms with van der Waals surface area (Å²) in [6, 6.07) is 5.30. The Bertz CT molecular complexity index is 1140. The van der Waals surface area contributed by atoms with Gasteiger partial charge in [0.25, 0.3) is 0 Å². The lowest BCUT2D eigenvalue weighted by atomic mass is 9.43. The summed E-state index contributed by atoms with van der Waals surface area (Å²) in [6.45, 7) is 8.83. The van der Waals surface area contributed by atoms with E-state index in [1.807, 2.05) is 6.07 Å². The lowest BCUT2D eigenvalue weighted by Gasteiger charge is -2.62. The van der Waals surface area contributed by atoms with Crippen LogP contribution in [0.25, 0.3) is 0 Å². The number of fused-ring (bicyclic) bond motifs is 1. The van der Waals surface area contributed by atoms with Crippen LogP contribution >= 0.6 is 0 Å². The highest BCUT2D eigenvalue weighted by atomic mass is 16.6. The summed E-state index contributed by atoms with van der Waals surface area (Å²) in [4.78, 5) is 26.9. The Morgan fingerprint density at radius 3 is 2.68 bits per heavy atom. The maximum atomic E-state index is 13.6. The van der Waals surface area contributed by atoms with E-state index in [4.69, 9.17) is 14.1 Å². The van der Waals surface area contributed by atoms with Crippen LogP contribution in [0.1, 0.15) is 78.2 Å². The molecule has 8 atom stereocenters. The molecule has 5 aliphatic rings. The first kappa shape index (κ1) is 26.3. The fraction of sp³-hybridized carbons (Fsp3) is 0.733. The minimum absolute atomic E-state index is 0.0236. The molecule has 4 aliphatic carbocycles. The SMILES string of the molecule is C[C@@H]1CC[C@@]23CCC(=O)[C@H]2[C@]1(C)[C@H](OC(=O)COc1ccc2c(c1)B(O)OC2)C[C@@](C)(C1CC1)[C@@H](O)[C@@H]3C. The molecule has 8 heteroatoms. The number of carbonyl (C=O) groups excluding carboxylic acids is 2. The Labute approximate surface area is 225 Å². The second kappa shape index (κ2) is 9.07. The first-order valence-corrected chi connectivity index (χ1v) is 14.5. The summed E-state index contributed by atoms with van der Waals surface area (Å²) in [7, 11) is -0.985. The summed E-state index contributed by atoms with van der Waals surface area (Å²) in [5, 5.41) is 21.9. The third-order valence-electron chi connectivity index (χ3n) is 11.8. The van der Waals surface area contributed by atoms with Gasteiger partial charge in [-0.25, -0.2) is 4.79 Å². The quantitative estimate of drug-likeness (QED) is 0.450. The highest BCUT2D eigenvalue weighted by Crippen LogP contribution is 2.69. The van der Waals surface area contributed by atoms with Crippen molar-refractivity contribution in [1.82, 2.24) is 0 Å². The van der Waals surface area contributed by atoms with E-state index in [-0.39, 0.29) is 41.0 Å². The second-order valence-corrected chi connectivity index (χ2v) is 13.4. The number of hydrogen-bond acceptors (Lipinski definition) is 7. The maximum absolute atomic E-state index is 13.6. The molecule has 0 aromatic heterocycles. The summed E-state index contributed by atoms with van der Waals surface area (Å²) in [6.07, 6.45) is 4.95. The highest BCUT2D eigenvalue weighted by Gasteiger charge is 2.69. The molecule has 1 heterocycles. The van der Waals surface area contributed by atoms with Crippen molar-refractivity contribution >= 4 is 24.3 Å². The summed E-state index contributed by atoms with van der Waals surface area (Å²) < 4.78 is 17.4. The van der Waals surface area contributed by atoms with Crippen LogP contribution in [0.4, 0.5) is 0 Å². The van der Waals surface area contributed by atoms with Crippen LogP contribution in [0.15, 0.2) is 18.2 Å². The number of benzene rings is 1. The molecular formula is C30H41BO7. The van der Waals surface area contributed by atoms with Gasteiger partial charge >= 0.3 is 13.1 Å². The molecule has 0 spiro atoms. The van der Waals surface area contributed by atoms with E-state index >= 15 is 0 Å². The Hall–Kier alpha value is -1.90. The smallest absolute Gasteiger partial charge is 0.482 e. The molecule has 2 bridgehead atoms.